The number of aryl methyl sites for hydroxylation is 1. The fraction of sp³-hybridized carbons (Fsp3) is 0.200. The first-order valence-corrected chi connectivity index (χ1v) is 6.48. The van der Waals surface area contributed by atoms with E-state index in [1.54, 1.807) is 18.6 Å². The molecule has 102 valence electrons. The van der Waals surface area contributed by atoms with E-state index >= 15 is 0 Å². The Morgan fingerprint density at radius 1 is 1.45 bits per heavy atom. The highest BCUT2D eigenvalue weighted by atomic mass is 16.3. The van der Waals surface area contributed by atoms with Gasteiger partial charge in [-0.05, 0) is 19.1 Å². The number of benzene rings is 1. The van der Waals surface area contributed by atoms with Gasteiger partial charge in [0.1, 0.15) is 11.3 Å². The van der Waals surface area contributed by atoms with Crippen LogP contribution in [0.3, 0.4) is 0 Å². The summed E-state index contributed by atoms with van der Waals surface area (Å²) in [5.74, 6) is 0.683. The first-order valence-electron chi connectivity index (χ1n) is 6.48. The number of nitrogens with one attached hydrogen (secondary N) is 2. The van der Waals surface area contributed by atoms with Crippen molar-refractivity contribution in [2.24, 2.45) is 0 Å². The van der Waals surface area contributed by atoms with Crippen molar-refractivity contribution in [3.8, 4) is 0 Å². The Bertz CT molecular complexity index is 729. The summed E-state index contributed by atoms with van der Waals surface area (Å²) in [7, 11) is 0. The van der Waals surface area contributed by atoms with E-state index in [2.05, 4.69) is 15.3 Å². The normalized spacial score (nSPS) is 10.8. The standard InChI is InChI=1S/C15H15N3O2/c1-10-7-11-3-2-4-13(14(11)20-10)15(19)17-6-5-12-8-16-9-18-12/h2-4,7-9H,5-6H2,1H3,(H,16,18)(H,17,19). The Balaban J connectivity index is 1.72. The zero-order valence-electron chi connectivity index (χ0n) is 11.1. The number of hydrogen-bond acceptors (Lipinski definition) is 3. The van der Waals surface area contributed by atoms with Gasteiger partial charge >= 0.3 is 0 Å². The second-order valence-corrected chi connectivity index (χ2v) is 4.66. The van der Waals surface area contributed by atoms with Crippen molar-refractivity contribution in [3.05, 3.63) is 53.8 Å². The van der Waals surface area contributed by atoms with Gasteiger partial charge in [-0.3, -0.25) is 4.79 Å². The predicted molar refractivity (Wildman–Crippen MR) is 75.6 cm³/mol. The van der Waals surface area contributed by atoms with Gasteiger partial charge in [-0.2, -0.15) is 0 Å². The van der Waals surface area contributed by atoms with Crippen molar-refractivity contribution in [1.82, 2.24) is 15.3 Å². The average Bonchev–Trinajstić information content (AvgIpc) is 3.05. The van der Waals surface area contributed by atoms with Crippen molar-refractivity contribution < 1.29 is 9.21 Å². The zero-order valence-corrected chi connectivity index (χ0v) is 11.1. The van der Waals surface area contributed by atoms with E-state index < -0.39 is 0 Å². The molecular formula is C15H15N3O2. The molecule has 2 heterocycles. The molecule has 0 aliphatic rings. The van der Waals surface area contributed by atoms with Crippen LogP contribution in [0.2, 0.25) is 0 Å². The van der Waals surface area contributed by atoms with Gasteiger partial charge in [0.15, 0.2) is 0 Å². The van der Waals surface area contributed by atoms with Crippen LogP contribution in [0.4, 0.5) is 0 Å². The molecule has 20 heavy (non-hydrogen) atoms. The Morgan fingerprint density at radius 2 is 2.35 bits per heavy atom. The predicted octanol–water partition coefficient (Wildman–Crippen LogP) is 2.44. The maximum Gasteiger partial charge on any atom is 0.255 e. The van der Waals surface area contributed by atoms with Crippen LogP contribution < -0.4 is 5.32 Å². The van der Waals surface area contributed by atoms with Gasteiger partial charge in [0.05, 0.1) is 11.9 Å². The van der Waals surface area contributed by atoms with Crippen molar-refractivity contribution in [2.45, 2.75) is 13.3 Å². The van der Waals surface area contributed by atoms with E-state index in [9.17, 15) is 4.79 Å². The summed E-state index contributed by atoms with van der Waals surface area (Å²) < 4.78 is 5.60. The summed E-state index contributed by atoms with van der Waals surface area (Å²) in [5, 5.41) is 3.84. The van der Waals surface area contributed by atoms with E-state index in [0.717, 1.165) is 23.3 Å². The van der Waals surface area contributed by atoms with Gasteiger partial charge in [0.25, 0.3) is 5.91 Å². The fourth-order valence-electron chi connectivity index (χ4n) is 2.20. The number of para-hydroxylation sites is 1. The number of rotatable bonds is 4. The molecule has 0 radical (unpaired) electrons. The maximum atomic E-state index is 12.2. The first kappa shape index (κ1) is 12.5. The molecule has 3 rings (SSSR count). The third kappa shape index (κ3) is 2.42. The molecule has 0 aliphatic carbocycles. The second-order valence-electron chi connectivity index (χ2n) is 4.66. The molecule has 0 aliphatic heterocycles. The molecule has 0 atom stereocenters. The summed E-state index contributed by atoms with van der Waals surface area (Å²) in [6.07, 6.45) is 4.10. The summed E-state index contributed by atoms with van der Waals surface area (Å²) >= 11 is 0. The summed E-state index contributed by atoms with van der Waals surface area (Å²) in [4.78, 5) is 19.1. The monoisotopic (exact) mass is 269 g/mol. The van der Waals surface area contributed by atoms with Crippen LogP contribution in [0.5, 0.6) is 0 Å². The van der Waals surface area contributed by atoms with Crippen LogP contribution in [-0.4, -0.2) is 22.4 Å². The number of hydrogen-bond donors (Lipinski definition) is 2. The van der Waals surface area contributed by atoms with Crippen LogP contribution in [0.1, 0.15) is 21.8 Å². The molecular weight excluding hydrogens is 254 g/mol. The number of nitrogens with zero attached hydrogens (tertiary/aromatic N) is 1. The van der Waals surface area contributed by atoms with Gasteiger partial charge in [-0.1, -0.05) is 12.1 Å². The molecule has 0 saturated heterocycles. The second kappa shape index (κ2) is 5.21. The number of carbonyl (C=O) groups excluding carboxylic acids is 1. The number of aromatic amines is 1. The summed E-state index contributed by atoms with van der Waals surface area (Å²) in [5.41, 5.74) is 2.21. The molecule has 0 spiro atoms. The fourth-order valence-corrected chi connectivity index (χ4v) is 2.20. The molecule has 0 fully saturated rings. The molecule has 5 nitrogen and oxygen atoms in total. The maximum absolute atomic E-state index is 12.2. The van der Waals surface area contributed by atoms with Crippen molar-refractivity contribution >= 4 is 16.9 Å². The van der Waals surface area contributed by atoms with Gasteiger partial charge in [0.2, 0.25) is 0 Å². The van der Waals surface area contributed by atoms with Gasteiger partial charge in [-0.25, -0.2) is 4.98 Å². The molecule has 0 saturated carbocycles. The molecule has 2 aromatic heterocycles. The third-order valence-electron chi connectivity index (χ3n) is 3.15. The minimum absolute atomic E-state index is 0.121. The number of carbonyl (C=O) groups is 1. The SMILES string of the molecule is Cc1cc2cccc(C(=O)NCCc3cnc[nH]3)c2o1. The molecule has 1 amide bonds. The molecule has 0 bridgehead atoms. The Kier molecular flexibility index (Phi) is 3.25. The van der Waals surface area contributed by atoms with Crippen LogP contribution in [-0.2, 0) is 6.42 Å². The molecule has 3 aromatic rings. The molecule has 1 aromatic carbocycles. The van der Waals surface area contributed by atoms with Crippen LogP contribution in [0.15, 0.2) is 41.2 Å². The number of amides is 1. The van der Waals surface area contributed by atoms with E-state index in [1.165, 1.54) is 0 Å². The largest absolute Gasteiger partial charge is 0.461 e. The lowest BCUT2D eigenvalue weighted by molar-refractivity contribution is 0.0954. The van der Waals surface area contributed by atoms with E-state index in [4.69, 9.17) is 4.42 Å². The van der Waals surface area contributed by atoms with Gasteiger partial charge in [-0.15, -0.1) is 0 Å². The van der Waals surface area contributed by atoms with E-state index in [1.807, 2.05) is 25.1 Å². The Morgan fingerprint density at radius 3 is 3.15 bits per heavy atom. The highest BCUT2D eigenvalue weighted by Gasteiger charge is 2.12. The van der Waals surface area contributed by atoms with Crippen LogP contribution >= 0.6 is 0 Å². The van der Waals surface area contributed by atoms with E-state index in [0.29, 0.717) is 17.7 Å². The number of fused-ring (bicyclic) bond motifs is 1. The minimum Gasteiger partial charge on any atom is -0.461 e. The lowest BCUT2D eigenvalue weighted by Gasteiger charge is -2.04. The van der Waals surface area contributed by atoms with Gasteiger partial charge in [0, 0.05) is 30.2 Å². The Hall–Kier alpha value is -2.56. The van der Waals surface area contributed by atoms with Gasteiger partial charge < -0.3 is 14.7 Å². The van der Waals surface area contributed by atoms with E-state index in [-0.39, 0.29) is 5.91 Å². The van der Waals surface area contributed by atoms with Crippen molar-refractivity contribution in [3.63, 3.8) is 0 Å². The highest BCUT2D eigenvalue weighted by Crippen LogP contribution is 2.22. The van der Waals surface area contributed by atoms with Crippen LogP contribution in [0.25, 0.3) is 11.0 Å². The quantitative estimate of drug-likeness (QED) is 0.764. The van der Waals surface area contributed by atoms with Crippen LogP contribution in [0, 0.1) is 6.92 Å². The summed E-state index contributed by atoms with van der Waals surface area (Å²) in [6, 6.07) is 7.50. The lowest BCUT2D eigenvalue weighted by Crippen LogP contribution is -2.25. The highest BCUT2D eigenvalue weighted by molar-refractivity contribution is 6.04. The number of furan rings is 1. The smallest absolute Gasteiger partial charge is 0.255 e. The average molecular weight is 269 g/mol. The topological polar surface area (TPSA) is 70.9 Å². The number of aromatic nitrogens is 2. The minimum atomic E-state index is -0.121. The number of H-pyrrole nitrogens is 1. The third-order valence-corrected chi connectivity index (χ3v) is 3.15. The Labute approximate surface area is 116 Å². The number of imidazole rings is 1. The van der Waals surface area contributed by atoms with Crippen molar-refractivity contribution in [1.29, 1.82) is 0 Å². The molecule has 2 N–H and O–H groups in total. The molecule has 5 heteroatoms. The first-order chi connectivity index (χ1) is 9.74. The molecule has 0 unspecified atom stereocenters. The zero-order chi connectivity index (χ0) is 13.9. The summed E-state index contributed by atoms with van der Waals surface area (Å²) in [6.45, 7) is 2.43. The lowest BCUT2D eigenvalue weighted by atomic mass is 10.1. The van der Waals surface area contributed by atoms with Crippen molar-refractivity contribution in [2.75, 3.05) is 6.54 Å².